The van der Waals surface area contributed by atoms with Crippen molar-refractivity contribution in [3.8, 4) is 28.8 Å². The van der Waals surface area contributed by atoms with Crippen molar-refractivity contribution >= 4 is 23.2 Å². The molecule has 10 heteroatoms. The highest BCUT2D eigenvalue weighted by Gasteiger charge is 2.16. The molecule has 2 heterocycles. The maximum absolute atomic E-state index is 10.1. The number of nitrogens with one attached hydrogen (secondary N) is 2. The second-order valence-electron chi connectivity index (χ2n) is 7.09. The number of benzene rings is 1. The van der Waals surface area contributed by atoms with E-state index in [0.717, 1.165) is 0 Å². The molecule has 1 aliphatic rings. The Kier molecular flexibility index (Phi) is 7.65. The Morgan fingerprint density at radius 3 is 2.55 bits per heavy atom. The van der Waals surface area contributed by atoms with E-state index < -0.39 is 0 Å². The maximum atomic E-state index is 10.1. The third-order valence-electron chi connectivity index (χ3n) is 4.79. The van der Waals surface area contributed by atoms with Crippen LogP contribution in [0.25, 0.3) is 11.3 Å². The molecule has 1 aromatic carbocycles. The molecule has 0 atom stereocenters. The maximum Gasteiger partial charge on any atom is 0.158 e. The standard InChI is InChI=1S/C15H11ClN6O2.C6H13N/c1-24-12-3-8(16)2-11(23)15(12)10-4-13(22-21-10)20-14-7-18-9(5-17)6-19-14;7-6-4-2-1-3-5-6/h2-4,6-7,23H,1H3,(H2,19,20,21,22);6H,1-5,7H2. The number of phenolic OH excluding ortho intramolecular Hbond substituents is 1. The number of nitriles is 1. The quantitative estimate of drug-likeness (QED) is 0.472. The Morgan fingerprint density at radius 2 is 1.97 bits per heavy atom. The van der Waals surface area contributed by atoms with Gasteiger partial charge in [-0.1, -0.05) is 30.9 Å². The van der Waals surface area contributed by atoms with Gasteiger partial charge in [-0.15, -0.1) is 0 Å². The van der Waals surface area contributed by atoms with Gasteiger partial charge in [0.15, 0.2) is 11.5 Å². The summed E-state index contributed by atoms with van der Waals surface area (Å²) in [5.74, 6) is 1.26. The highest BCUT2D eigenvalue weighted by atomic mass is 35.5. The van der Waals surface area contributed by atoms with Crippen LogP contribution in [-0.2, 0) is 0 Å². The van der Waals surface area contributed by atoms with E-state index >= 15 is 0 Å². The van der Waals surface area contributed by atoms with Crippen LogP contribution in [0.1, 0.15) is 37.8 Å². The van der Waals surface area contributed by atoms with Gasteiger partial charge in [0.2, 0.25) is 0 Å². The van der Waals surface area contributed by atoms with Crippen LogP contribution in [0.5, 0.6) is 11.5 Å². The van der Waals surface area contributed by atoms with Crippen LogP contribution in [-0.4, -0.2) is 38.4 Å². The molecule has 0 unspecified atom stereocenters. The number of rotatable bonds is 4. The molecule has 0 bridgehead atoms. The molecule has 0 amide bonds. The van der Waals surface area contributed by atoms with Gasteiger partial charge >= 0.3 is 0 Å². The predicted molar refractivity (Wildman–Crippen MR) is 118 cm³/mol. The molecule has 162 valence electrons. The molecule has 1 fully saturated rings. The van der Waals surface area contributed by atoms with Crippen molar-refractivity contribution in [3.63, 3.8) is 0 Å². The molecule has 0 aliphatic heterocycles. The zero-order valence-electron chi connectivity index (χ0n) is 17.1. The highest BCUT2D eigenvalue weighted by Crippen LogP contribution is 2.40. The third kappa shape index (κ3) is 6.07. The summed E-state index contributed by atoms with van der Waals surface area (Å²) in [5, 5.41) is 29.0. The number of anilines is 2. The van der Waals surface area contributed by atoms with Crippen molar-refractivity contribution < 1.29 is 9.84 Å². The van der Waals surface area contributed by atoms with Crippen LogP contribution < -0.4 is 15.8 Å². The SMILES string of the molecule is COc1cc(Cl)cc(O)c1-c1cc(Nc2cnc(C#N)cn2)n[nH]1.NC1CCCCC1. The largest absolute Gasteiger partial charge is 0.507 e. The van der Waals surface area contributed by atoms with Crippen molar-refractivity contribution in [2.24, 2.45) is 5.73 Å². The molecular formula is C21H24ClN7O2. The summed E-state index contributed by atoms with van der Waals surface area (Å²) < 4.78 is 5.25. The lowest BCUT2D eigenvalue weighted by molar-refractivity contribution is 0.410. The summed E-state index contributed by atoms with van der Waals surface area (Å²) in [6.45, 7) is 0. The predicted octanol–water partition coefficient (Wildman–Crippen LogP) is 4.13. The number of phenols is 1. The monoisotopic (exact) mass is 441 g/mol. The Balaban J connectivity index is 0.000000330. The lowest BCUT2D eigenvalue weighted by Gasteiger charge is -2.15. The molecule has 2 aromatic heterocycles. The van der Waals surface area contributed by atoms with Gasteiger partial charge in [0.05, 0.1) is 30.8 Å². The third-order valence-corrected chi connectivity index (χ3v) is 5.00. The van der Waals surface area contributed by atoms with Crippen molar-refractivity contribution in [3.05, 3.63) is 41.3 Å². The number of aromatic amines is 1. The summed E-state index contributed by atoms with van der Waals surface area (Å²) in [5.41, 5.74) is 6.83. The Hall–Kier alpha value is -3.35. The van der Waals surface area contributed by atoms with Gasteiger partial charge in [0, 0.05) is 17.1 Å². The number of hydrogen-bond donors (Lipinski definition) is 4. The number of nitrogens with two attached hydrogens (primary N) is 1. The van der Waals surface area contributed by atoms with Gasteiger partial charge in [-0.25, -0.2) is 9.97 Å². The Bertz CT molecular complexity index is 1040. The first-order valence-corrected chi connectivity index (χ1v) is 10.2. The summed E-state index contributed by atoms with van der Waals surface area (Å²) in [7, 11) is 1.48. The second-order valence-corrected chi connectivity index (χ2v) is 7.53. The molecule has 9 nitrogen and oxygen atoms in total. The lowest BCUT2D eigenvalue weighted by atomic mass is 9.97. The lowest BCUT2D eigenvalue weighted by Crippen LogP contribution is -2.22. The minimum Gasteiger partial charge on any atom is -0.507 e. The van der Waals surface area contributed by atoms with Gasteiger partial charge in [-0.2, -0.15) is 10.4 Å². The highest BCUT2D eigenvalue weighted by molar-refractivity contribution is 6.31. The van der Waals surface area contributed by atoms with E-state index in [4.69, 9.17) is 27.3 Å². The van der Waals surface area contributed by atoms with E-state index in [1.165, 1.54) is 57.7 Å². The number of hydrogen-bond acceptors (Lipinski definition) is 8. The van der Waals surface area contributed by atoms with Crippen LogP contribution in [0, 0.1) is 11.3 Å². The molecule has 0 spiro atoms. The first-order chi connectivity index (χ1) is 15.0. The number of aromatic nitrogens is 4. The Morgan fingerprint density at radius 1 is 1.19 bits per heavy atom. The van der Waals surface area contributed by atoms with Crippen molar-refractivity contribution in [2.45, 2.75) is 38.1 Å². The van der Waals surface area contributed by atoms with Gasteiger partial charge in [0.25, 0.3) is 0 Å². The van der Waals surface area contributed by atoms with E-state index in [1.54, 1.807) is 12.1 Å². The molecule has 1 aliphatic carbocycles. The molecule has 3 aromatic rings. The van der Waals surface area contributed by atoms with Gasteiger partial charge in [-0.3, -0.25) is 5.10 Å². The zero-order valence-corrected chi connectivity index (χ0v) is 17.9. The number of H-pyrrole nitrogens is 1. The summed E-state index contributed by atoms with van der Waals surface area (Å²) in [4.78, 5) is 7.96. The molecular weight excluding hydrogens is 418 g/mol. The second kappa shape index (κ2) is 10.6. The van der Waals surface area contributed by atoms with Gasteiger partial charge in [-0.05, 0) is 25.0 Å². The van der Waals surface area contributed by atoms with Gasteiger partial charge < -0.3 is 20.9 Å². The number of nitrogens with zero attached hydrogens (tertiary/aromatic N) is 4. The average molecular weight is 442 g/mol. The smallest absolute Gasteiger partial charge is 0.158 e. The fourth-order valence-corrected chi connectivity index (χ4v) is 3.43. The fourth-order valence-electron chi connectivity index (χ4n) is 3.23. The molecule has 0 radical (unpaired) electrons. The average Bonchev–Trinajstić information content (AvgIpc) is 3.22. The van der Waals surface area contributed by atoms with E-state index in [2.05, 4.69) is 25.5 Å². The number of ether oxygens (including phenoxy) is 1. The van der Waals surface area contributed by atoms with Crippen LogP contribution in [0.3, 0.4) is 0 Å². The first-order valence-electron chi connectivity index (χ1n) is 9.87. The van der Waals surface area contributed by atoms with Gasteiger partial charge in [0.1, 0.15) is 23.4 Å². The number of halogens is 1. The topological polar surface area (TPSA) is 146 Å². The summed E-state index contributed by atoms with van der Waals surface area (Å²) in [6.07, 6.45) is 9.44. The Labute approximate surface area is 185 Å². The minimum absolute atomic E-state index is 0.0345. The van der Waals surface area contributed by atoms with E-state index in [9.17, 15) is 5.11 Å². The van der Waals surface area contributed by atoms with E-state index in [0.29, 0.717) is 39.7 Å². The van der Waals surface area contributed by atoms with Crippen molar-refractivity contribution in [2.75, 3.05) is 12.4 Å². The van der Waals surface area contributed by atoms with Crippen LogP contribution in [0.15, 0.2) is 30.6 Å². The first kappa shape index (κ1) is 22.3. The van der Waals surface area contributed by atoms with E-state index in [1.807, 2.05) is 6.07 Å². The zero-order chi connectivity index (χ0) is 22.2. The molecule has 0 saturated heterocycles. The van der Waals surface area contributed by atoms with E-state index in [-0.39, 0.29) is 11.4 Å². The molecule has 5 N–H and O–H groups in total. The minimum atomic E-state index is -0.0345. The normalized spacial score (nSPS) is 13.6. The van der Waals surface area contributed by atoms with Crippen LogP contribution in [0.4, 0.5) is 11.6 Å². The van der Waals surface area contributed by atoms with Crippen molar-refractivity contribution in [1.29, 1.82) is 5.26 Å². The molecule has 1 saturated carbocycles. The summed E-state index contributed by atoms with van der Waals surface area (Å²) in [6, 6.07) is 7.11. The van der Waals surface area contributed by atoms with Crippen LogP contribution >= 0.6 is 11.6 Å². The summed E-state index contributed by atoms with van der Waals surface area (Å²) >= 11 is 5.91. The van der Waals surface area contributed by atoms with Crippen LogP contribution in [0.2, 0.25) is 5.02 Å². The number of aromatic hydroxyl groups is 1. The fraction of sp³-hybridized carbons (Fsp3) is 0.333. The number of methoxy groups -OCH3 is 1. The van der Waals surface area contributed by atoms with Crippen molar-refractivity contribution in [1.82, 2.24) is 20.2 Å². The molecule has 31 heavy (non-hydrogen) atoms. The molecule has 4 rings (SSSR count).